The van der Waals surface area contributed by atoms with Crippen molar-refractivity contribution in [2.75, 3.05) is 11.9 Å². The summed E-state index contributed by atoms with van der Waals surface area (Å²) in [6.45, 7) is 0.409. The molecule has 0 radical (unpaired) electrons. The van der Waals surface area contributed by atoms with Gasteiger partial charge in [-0.3, -0.25) is 10.1 Å². The van der Waals surface area contributed by atoms with Crippen LogP contribution in [0.5, 0.6) is 5.75 Å². The summed E-state index contributed by atoms with van der Waals surface area (Å²) in [5, 5.41) is 5.45. The molecule has 6 N–H and O–H groups in total. The summed E-state index contributed by atoms with van der Waals surface area (Å²) in [5.74, 6) is -0.566. The zero-order chi connectivity index (χ0) is 24.6. The average Bonchev–Trinajstić information content (AvgIpc) is 2.79. The Morgan fingerprint density at radius 2 is 1.59 bits per heavy atom. The summed E-state index contributed by atoms with van der Waals surface area (Å²) in [5.41, 5.74) is 12.2. The minimum absolute atomic E-state index is 0.0314. The van der Waals surface area contributed by atoms with Crippen LogP contribution in [0.2, 0.25) is 0 Å². The van der Waals surface area contributed by atoms with Crippen molar-refractivity contribution in [2.24, 2.45) is 15.9 Å². The number of nitrogens with two attached hydrogens (primary N) is 2. The van der Waals surface area contributed by atoms with E-state index in [1.165, 1.54) is 24.3 Å². The molecule has 9 nitrogen and oxygen atoms in total. The maximum absolute atomic E-state index is 12.8. The smallest absolute Gasteiger partial charge is 0.285 e. The van der Waals surface area contributed by atoms with E-state index in [0.717, 1.165) is 5.56 Å². The Labute approximate surface area is 202 Å². The van der Waals surface area contributed by atoms with E-state index in [-0.39, 0.29) is 10.0 Å². The van der Waals surface area contributed by atoms with Crippen LogP contribution in [-0.4, -0.2) is 32.0 Å². The highest BCUT2D eigenvalue weighted by Crippen LogP contribution is 2.19. The molecule has 0 spiro atoms. The maximum atomic E-state index is 12.8. The van der Waals surface area contributed by atoms with Gasteiger partial charge in [0.2, 0.25) is 5.96 Å². The quantitative estimate of drug-likeness (QED) is 0.211. The van der Waals surface area contributed by atoms with Crippen LogP contribution < -0.4 is 26.8 Å². The molecule has 0 saturated heterocycles. The number of thiocarbonyl (C=S) groups is 1. The molecule has 3 aromatic rings. The number of anilines is 1. The van der Waals surface area contributed by atoms with E-state index in [1.807, 2.05) is 30.3 Å². The summed E-state index contributed by atoms with van der Waals surface area (Å²) in [4.78, 5) is 12.7. The molecule has 0 bridgehead atoms. The monoisotopic (exact) mass is 497 g/mol. The first-order valence-electron chi connectivity index (χ1n) is 10.1. The second-order valence-corrected chi connectivity index (χ2v) is 9.02. The number of rotatable bonds is 8. The average molecular weight is 498 g/mol. The van der Waals surface area contributed by atoms with Crippen LogP contribution in [0.1, 0.15) is 15.9 Å². The molecule has 0 aliphatic rings. The number of hydrogen-bond donors (Lipinski definition) is 4. The van der Waals surface area contributed by atoms with Gasteiger partial charge in [0.1, 0.15) is 5.75 Å². The lowest BCUT2D eigenvalue weighted by Gasteiger charge is -2.13. The van der Waals surface area contributed by atoms with Crippen molar-refractivity contribution in [2.45, 2.75) is 11.3 Å². The van der Waals surface area contributed by atoms with Gasteiger partial charge in [0.05, 0.1) is 17.1 Å². The lowest BCUT2D eigenvalue weighted by Crippen LogP contribution is -2.34. The molecule has 0 aliphatic heterocycles. The predicted octanol–water partition coefficient (Wildman–Crippen LogP) is 2.40. The molecular weight excluding hydrogens is 474 g/mol. The molecule has 0 heterocycles. The molecule has 3 aromatic carbocycles. The van der Waals surface area contributed by atoms with Crippen LogP contribution in [0.4, 0.5) is 5.69 Å². The van der Waals surface area contributed by atoms with Gasteiger partial charge in [0.15, 0.2) is 5.11 Å². The summed E-state index contributed by atoms with van der Waals surface area (Å²) in [6.07, 6.45) is 0.700. The van der Waals surface area contributed by atoms with Gasteiger partial charge < -0.3 is 21.5 Å². The van der Waals surface area contributed by atoms with Gasteiger partial charge in [-0.1, -0.05) is 42.5 Å². The second-order valence-electron chi connectivity index (χ2n) is 7.00. The number of nitrogens with one attached hydrogen (secondary N) is 2. The topological polar surface area (TPSA) is 149 Å². The third-order valence-electron chi connectivity index (χ3n) is 4.49. The van der Waals surface area contributed by atoms with Crippen molar-refractivity contribution in [1.82, 2.24) is 5.32 Å². The minimum Gasteiger partial charge on any atom is -0.492 e. The number of ether oxygens (including phenoxy) is 1. The Bertz CT molecular complexity index is 1290. The molecular formula is C23H23N5O4S2. The van der Waals surface area contributed by atoms with Crippen molar-refractivity contribution in [3.63, 3.8) is 0 Å². The number of nitrogens with zero attached hydrogens (tertiary/aromatic N) is 1. The fraction of sp³-hybridized carbons (Fsp3) is 0.0870. The Hall–Kier alpha value is -3.96. The van der Waals surface area contributed by atoms with Gasteiger partial charge in [0.25, 0.3) is 15.9 Å². The van der Waals surface area contributed by atoms with E-state index < -0.39 is 21.9 Å². The van der Waals surface area contributed by atoms with Crippen LogP contribution in [0.25, 0.3) is 0 Å². The van der Waals surface area contributed by atoms with Crippen LogP contribution in [-0.2, 0) is 16.4 Å². The third-order valence-corrected chi connectivity index (χ3v) is 6.01. The van der Waals surface area contributed by atoms with Gasteiger partial charge in [-0.05, 0) is 54.2 Å². The number of para-hydroxylation sites is 1. The maximum Gasteiger partial charge on any atom is 0.285 e. The molecule has 0 aliphatic carbocycles. The highest BCUT2D eigenvalue weighted by molar-refractivity contribution is 7.90. The van der Waals surface area contributed by atoms with Gasteiger partial charge in [-0.25, -0.2) is 0 Å². The molecule has 0 saturated carbocycles. The Morgan fingerprint density at radius 3 is 2.26 bits per heavy atom. The molecule has 1 amide bonds. The first-order valence-corrected chi connectivity index (χ1v) is 11.9. The van der Waals surface area contributed by atoms with Crippen molar-refractivity contribution in [3.05, 3.63) is 90.0 Å². The van der Waals surface area contributed by atoms with Crippen molar-refractivity contribution < 1.29 is 17.9 Å². The summed E-state index contributed by atoms with van der Waals surface area (Å²) >= 11 is 5.21. The van der Waals surface area contributed by atoms with E-state index in [0.29, 0.717) is 30.0 Å². The molecule has 34 heavy (non-hydrogen) atoms. The van der Waals surface area contributed by atoms with Crippen LogP contribution in [0.15, 0.2) is 88.2 Å². The summed E-state index contributed by atoms with van der Waals surface area (Å²) in [6, 6.07) is 22.3. The highest BCUT2D eigenvalue weighted by Gasteiger charge is 2.15. The molecule has 3 rings (SSSR count). The molecule has 0 atom stereocenters. The number of benzene rings is 3. The van der Waals surface area contributed by atoms with Crippen molar-refractivity contribution >= 4 is 44.9 Å². The number of sulfonamides is 1. The normalized spacial score (nSPS) is 10.7. The second kappa shape index (κ2) is 11.3. The van der Waals surface area contributed by atoms with E-state index >= 15 is 0 Å². The third kappa shape index (κ3) is 7.02. The Balaban J connectivity index is 1.59. The van der Waals surface area contributed by atoms with Crippen LogP contribution >= 0.6 is 12.2 Å². The first kappa shape index (κ1) is 24.7. The number of carbonyl (C=O) groups excluding carboxylic acids is 1. The lowest BCUT2D eigenvalue weighted by atomic mass is 10.1. The molecule has 0 aromatic heterocycles. The van der Waals surface area contributed by atoms with E-state index in [9.17, 15) is 13.2 Å². The fourth-order valence-corrected chi connectivity index (χ4v) is 4.01. The van der Waals surface area contributed by atoms with Gasteiger partial charge in [0, 0.05) is 12.1 Å². The van der Waals surface area contributed by atoms with Crippen LogP contribution in [0, 0.1) is 0 Å². The van der Waals surface area contributed by atoms with E-state index in [2.05, 4.69) is 15.0 Å². The van der Waals surface area contributed by atoms with Gasteiger partial charge in [-0.15, -0.1) is 4.40 Å². The van der Waals surface area contributed by atoms with E-state index in [1.54, 1.807) is 24.3 Å². The zero-order valence-corrected chi connectivity index (χ0v) is 19.6. The van der Waals surface area contributed by atoms with Crippen molar-refractivity contribution in [3.8, 4) is 5.75 Å². The van der Waals surface area contributed by atoms with Crippen molar-refractivity contribution in [1.29, 1.82) is 0 Å². The van der Waals surface area contributed by atoms with Crippen LogP contribution in [0.3, 0.4) is 0 Å². The lowest BCUT2D eigenvalue weighted by molar-refractivity contribution is 0.0974. The highest BCUT2D eigenvalue weighted by atomic mass is 32.2. The Morgan fingerprint density at radius 1 is 0.941 bits per heavy atom. The Kier molecular flexibility index (Phi) is 8.17. The number of carbonyl (C=O) groups is 1. The molecule has 0 unspecified atom stereocenters. The number of amides is 1. The standard InChI is InChI=1S/C23H23N5O4S2/c24-22(25)28-34(30,31)18-12-10-17(11-13-18)26-23(33)27-21(29)19-8-4-5-9-20(19)32-15-14-16-6-2-1-3-7-16/h1-13H,14-15H2,(H4,24,25,28)(H2,26,27,29,33). The van der Waals surface area contributed by atoms with Gasteiger partial charge in [-0.2, -0.15) is 8.42 Å². The number of guanidine groups is 1. The molecule has 0 fully saturated rings. The summed E-state index contributed by atoms with van der Waals surface area (Å²) in [7, 11) is -4.00. The zero-order valence-electron chi connectivity index (χ0n) is 18.0. The fourth-order valence-electron chi connectivity index (χ4n) is 2.94. The predicted molar refractivity (Wildman–Crippen MR) is 135 cm³/mol. The first-order chi connectivity index (χ1) is 16.2. The summed E-state index contributed by atoms with van der Waals surface area (Å²) < 4.78 is 33.1. The number of hydrogen-bond acceptors (Lipinski definition) is 5. The molecule has 176 valence electrons. The van der Waals surface area contributed by atoms with Gasteiger partial charge >= 0.3 is 0 Å². The van der Waals surface area contributed by atoms with E-state index in [4.69, 9.17) is 28.4 Å². The SMILES string of the molecule is NC(N)=NS(=O)(=O)c1ccc(NC(=S)NC(=O)c2ccccc2OCCc2ccccc2)cc1. The molecule has 11 heteroatoms. The minimum atomic E-state index is -4.00. The largest absolute Gasteiger partial charge is 0.492 e.